The lowest BCUT2D eigenvalue weighted by atomic mass is 10.2. The van der Waals surface area contributed by atoms with E-state index in [0.717, 1.165) is 28.3 Å². The molecule has 9 heteroatoms. The van der Waals surface area contributed by atoms with Gasteiger partial charge in [0.15, 0.2) is 0 Å². The Hall–Kier alpha value is -2.36. The number of fused-ring (bicyclic) bond motifs is 2. The molecule has 1 aliphatic rings. The number of hydrogen-bond donors (Lipinski definition) is 0. The zero-order valence-corrected chi connectivity index (χ0v) is 21.1. The van der Waals surface area contributed by atoms with Gasteiger partial charge >= 0.3 is 0 Å². The van der Waals surface area contributed by atoms with Gasteiger partial charge in [0, 0.05) is 50.2 Å². The van der Waals surface area contributed by atoms with Gasteiger partial charge in [-0.25, -0.2) is 17.7 Å². The summed E-state index contributed by atoms with van der Waals surface area (Å²) in [6.45, 7) is 5.63. The Morgan fingerprint density at radius 2 is 1.97 bits per heavy atom. The highest BCUT2D eigenvalue weighted by Crippen LogP contribution is 2.37. The fourth-order valence-electron chi connectivity index (χ4n) is 4.17. The summed E-state index contributed by atoms with van der Waals surface area (Å²) in [7, 11) is -0.503. The lowest BCUT2D eigenvalue weighted by molar-refractivity contribution is -0.118. The highest BCUT2D eigenvalue weighted by Gasteiger charge is 2.25. The van der Waals surface area contributed by atoms with E-state index in [2.05, 4.69) is 17.6 Å². The maximum Gasteiger partial charge on any atom is 0.242 e. The monoisotopic (exact) mass is 486 g/mol. The molecule has 1 aromatic heterocycles. The largest absolute Gasteiger partial charge is 0.328 e. The molecule has 1 unspecified atom stereocenters. The predicted molar refractivity (Wildman–Crippen MR) is 133 cm³/mol. The Bertz CT molecular complexity index is 1280. The van der Waals surface area contributed by atoms with E-state index in [4.69, 9.17) is 4.98 Å². The molecule has 0 N–H and O–H groups in total. The minimum atomic E-state index is -3.53. The SMILES string of the molecule is CCn1c(CCC(=O)N2CCC(C)Sc3ccccc32)nc2cc(S(=O)(=O)N(C)C)ccc21. The normalized spacial score (nSPS) is 16.8. The standard InChI is InChI=1S/C24H30N4O3S2/c1-5-27-20-11-10-18(33(30,31)26(3)4)16-19(20)25-23(27)12-13-24(29)28-15-14-17(2)32-22-9-7-6-8-21(22)28/h6-11,16-17H,5,12-15H2,1-4H3. The average molecular weight is 487 g/mol. The summed E-state index contributed by atoms with van der Waals surface area (Å²) in [4.78, 5) is 21.3. The molecule has 2 heterocycles. The van der Waals surface area contributed by atoms with E-state index in [1.165, 1.54) is 18.4 Å². The third-order valence-corrected chi connectivity index (χ3v) is 9.05. The van der Waals surface area contributed by atoms with Crippen molar-refractivity contribution in [2.24, 2.45) is 0 Å². The van der Waals surface area contributed by atoms with Crippen molar-refractivity contribution >= 4 is 44.4 Å². The first kappa shape index (κ1) is 23.8. The second kappa shape index (κ2) is 9.48. The molecule has 0 saturated carbocycles. The summed E-state index contributed by atoms with van der Waals surface area (Å²) < 4.78 is 28.3. The van der Waals surface area contributed by atoms with Crippen LogP contribution in [0.2, 0.25) is 0 Å². The number of aryl methyl sites for hydroxylation is 2. The summed E-state index contributed by atoms with van der Waals surface area (Å²) in [5, 5.41) is 0.459. The van der Waals surface area contributed by atoms with Crippen LogP contribution in [0.4, 0.5) is 5.69 Å². The number of thioether (sulfide) groups is 1. The van der Waals surface area contributed by atoms with E-state index in [0.29, 0.717) is 36.7 Å². The highest BCUT2D eigenvalue weighted by atomic mass is 32.2. The Labute approximate surface area is 199 Å². The zero-order chi connectivity index (χ0) is 23.8. The number of carbonyl (C=O) groups excluding carboxylic acids is 1. The lowest BCUT2D eigenvalue weighted by Crippen LogP contribution is -2.32. The third-order valence-electron chi connectivity index (χ3n) is 6.00. The number of carbonyl (C=O) groups is 1. The smallest absolute Gasteiger partial charge is 0.242 e. The summed E-state index contributed by atoms with van der Waals surface area (Å²) in [5.41, 5.74) is 2.50. The van der Waals surface area contributed by atoms with Gasteiger partial charge in [0.2, 0.25) is 15.9 Å². The Balaban J connectivity index is 1.59. The fraction of sp³-hybridized carbons (Fsp3) is 0.417. The molecule has 1 atom stereocenters. The highest BCUT2D eigenvalue weighted by molar-refractivity contribution is 8.00. The molecule has 1 aliphatic heterocycles. The first-order chi connectivity index (χ1) is 15.7. The van der Waals surface area contributed by atoms with Crippen LogP contribution in [0.15, 0.2) is 52.3 Å². The number of aromatic nitrogens is 2. The van der Waals surface area contributed by atoms with E-state index in [1.807, 2.05) is 41.8 Å². The van der Waals surface area contributed by atoms with Gasteiger partial charge in [0.25, 0.3) is 0 Å². The summed E-state index contributed by atoms with van der Waals surface area (Å²) >= 11 is 1.82. The van der Waals surface area contributed by atoms with Gasteiger partial charge in [0.05, 0.1) is 21.6 Å². The predicted octanol–water partition coefficient (Wildman–Crippen LogP) is 4.16. The molecule has 0 radical (unpaired) electrons. The van der Waals surface area contributed by atoms with Crippen molar-refractivity contribution in [3.05, 3.63) is 48.3 Å². The average Bonchev–Trinajstić information content (AvgIpc) is 3.05. The number of sulfonamides is 1. The van der Waals surface area contributed by atoms with Gasteiger partial charge in [-0.3, -0.25) is 4.79 Å². The van der Waals surface area contributed by atoms with E-state index >= 15 is 0 Å². The van der Waals surface area contributed by atoms with Crippen molar-refractivity contribution in [2.45, 2.75) is 54.7 Å². The van der Waals surface area contributed by atoms with Crippen molar-refractivity contribution < 1.29 is 13.2 Å². The molecule has 7 nitrogen and oxygen atoms in total. The van der Waals surface area contributed by atoms with Gasteiger partial charge in [-0.05, 0) is 43.7 Å². The Morgan fingerprint density at radius 3 is 2.70 bits per heavy atom. The van der Waals surface area contributed by atoms with Gasteiger partial charge in [-0.2, -0.15) is 0 Å². The van der Waals surface area contributed by atoms with Crippen molar-refractivity contribution in [2.75, 3.05) is 25.5 Å². The number of imidazole rings is 1. The summed E-state index contributed by atoms with van der Waals surface area (Å²) in [6, 6.07) is 13.1. The molecule has 0 fully saturated rings. The lowest BCUT2D eigenvalue weighted by Gasteiger charge is -2.22. The van der Waals surface area contributed by atoms with E-state index in [1.54, 1.807) is 18.2 Å². The molecule has 2 aromatic carbocycles. The molecule has 0 saturated heterocycles. The van der Waals surface area contributed by atoms with Gasteiger partial charge in [-0.15, -0.1) is 11.8 Å². The minimum Gasteiger partial charge on any atom is -0.328 e. The van der Waals surface area contributed by atoms with E-state index in [9.17, 15) is 13.2 Å². The summed E-state index contributed by atoms with van der Waals surface area (Å²) in [6.07, 6.45) is 1.79. The molecule has 0 bridgehead atoms. The maximum absolute atomic E-state index is 13.3. The maximum atomic E-state index is 13.3. The molecule has 4 rings (SSSR count). The molecule has 33 heavy (non-hydrogen) atoms. The van der Waals surface area contributed by atoms with Gasteiger partial charge < -0.3 is 9.47 Å². The zero-order valence-electron chi connectivity index (χ0n) is 19.5. The number of para-hydroxylation sites is 1. The van der Waals surface area contributed by atoms with Crippen molar-refractivity contribution in [3.8, 4) is 0 Å². The van der Waals surface area contributed by atoms with Crippen molar-refractivity contribution in [1.82, 2.24) is 13.9 Å². The van der Waals surface area contributed by atoms with Gasteiger partial charge in [-0.1, -0.05) is 19.1 Å². The van der Waals surface area contributed by atoms with Crippen LogP contribution in [0, 0.1) is 0 Å². The van der Waals surface area contributed by atoms with Crippen LogP contribution in [-0.4, -0.2) is 54.1 Å². The first-order valence-electron chi connectivity index (χ1n) is 11.2. The molecule has 1 amide bonds. The summed E-state index contributed by atoms with van der Waals surface area (Å²) in [5.74, 6) is 0.883. The Morgan fingerprint density at radius 1 is 1.21 bits per heavy atom. The number of amides is 1. The van der Waals surface area contributed by atoms with Crippen LogP contribution >= 0.6 is 11.8 Å². The number of nitrogens with zero attached hydrogens (tertiary/aromatic N) is 4. The quantitative estimate of drug-likeness (QED) is 0.523. The van der Waals surface area contributed by atoms with Crippen LogP contribution in [0.25, 0.3) is 11.0 Å². The number of rotatable bonds is 6. The number of hydrogen-bond acceptors (Lipinski definition) is 5. The van der Waals surface area contributed by atoms with Crippen LogP contribution in [0.5, 0.6) is 0 Å². The third kappa shape index (κ3) is 4.67. The van der Waals surface area contributed by atoms with Crippen LogP contribution in [-0.2, 0) is 27.8 Å². The first-order valence-corrected chi connectivity index (χ1v) is 13.5. The molecule has 0 spiro atoms. The molecule has 176 valence electrons. The topological polar surface area (TPSA) is 75.5 Å². The van der Waals surface area contributed by atoms with Gasteiger partial charge in [0.1, 0.15) is 5.82 Å². The second-order valence-corrected chi connectivity index (χ2v) is 12.1. The second-order valence-electron chi connectivity index (χ2n) is 8.44. The van der Waals surface area contributed by atoms with E-state index < -0.39 is 10.0 Å². The molecular formula is C24H30N4O3S2. The fourth-order valence-corrected chi connectivity index (χ4v) is 6.21. The van der Waals surface area contributed by atoms with E-state index in [-0.39, 0.29) is 10.8 Å². The van der Waals surface area contributed by atoms with Crippen molar-refractivity contribution in [3.63, 3.8) is 0 Å². The molecule has 0 aliphatic carbocycles. The number of anilines is 1. The van der Waals surface area contributed by atoms with Crippen molar-refractivity contribution in [1.29, 1.82) is 0 Å². The number of benzene rings is 2. The van der Waals surface area contributed by atoms with Crippen LogP contribution in [0.3, 0.4) is 0 Å². The Kier molecular flexibility index (Phi) is 6.83. The molecular weight excluding hydrogens is 456 g/mol. The van der Waals surface area contributed by atoms with Crippen LogP contribution < -0.4 is 4.90 Å². The molecule has 3 aromatic rings. The van der Waals surface area contributed by atoms with Crippen LogP contribution in [0.1, 0.15) is 32.5 Å². The minimum absolute atomic E-state index is 0.0859.